The Kier molecular flexibility index (Phi) is 4.69. The van der Waals surface area contributed by atoms with Gasteiger partial charge in [-0.1, -0.05) is 0 Å². The lowest BCUT2D eigenvalue weighted by Crippen LogP contribution is -2.29. The number of carbonyl (C=O) groups excluding carboxylic acids is 1. The fourth-order valence-electron chi connectivity index (χ4n) is 1.59. The predicted octanol–water partition coefficient (Wildman–Crippen LogP) is 3.73. The average Bonchev–Trinajstić information content (AvgIpc) is 2.93. The standard InChI is InChI=1S/C12H7F6N3O2S/c1-23-8-6(11(13,14)15)2-5(3-19-8)7-4-24-10(20-7)21-9(22)12(16,17)18/h2-4H,1H3,(H,20,21,22). The molecule has 1 amide bonds. The van der Waals surface area contributed by atoms with Gasteiger partial charge in [0.25, 0.3) is 0 Å². The van der Waals surface area contributed by atoms with Crippen LogP contribution in [0.25, 0.3) is 11.3 Å². The summed E-state index contributed by atoms with van der Waals surface area (Å²) in [4.78, 5) is 18.0. The molecule has 0 aliphatic rings. The number of anilines is 1. The van der Waals surface area contributed by atoms with E-state index in [4.69, 9.17) is 0 Å². The molecule has 0 aromatic carbocycles. The molecule has 0 spiro atoms. The summed E-state index contributed by atoms with van der Waals surface area (Å²) in [6.45, 7) is 0. The first-order chi connectivity index (χ1) is 11.0. The highest BCUT2D eigenvalue weighted by atomic mass is 32.1. The number of nitrogens with one attached hydrogen (secondary N) is 1. The summed E-state index contributed by atoms with van der Waals surface area (Å²) < 4.78 is 79.7. The van der Waals surface area contributed by atoms with Crippen LogP contribution in [0.4, 0.5) is 31.5 Å². The molecule has 0 bridgehead atoms. The minimum atomic E-state index is -5.10. The van der Waals surface area contributed by atoms with Crippen molar-refractivity contribution in [2.24, 2.45) is 0 Å². The molecule has 0 unspecified atom stereocenters. The van der Waals surface area contributed by atoms with Crippen molar-refractivity contribution in [2.75, 3.05) is 12.4 Å². The van der Waals surface area contributed by atoms with Gasteiger partial charge in [0.1, 0.15) is 5.56 Å². The predicted molar refractivity (Wildman–Crippen MR) is 71.6 cm³/mol. The normalized spacial score (nSPS) is 12.1. The number of carbonyl (C=O) groups is 1. The molecular formula is C12H7F6N3O2S. The van der Waals surface area contributed by atoms with Crippen molar-refractivity contribution in [1.82, 2.24) is 9.97 Å². The highest BCUT2D eigenvalue weighted by Crippen LogP contribution is 2.37. The van der Waals surface area contributed by atoms with Crippen LogP contribution in [0.1, 0.15) is 5.56 Å². The summed E-state index contributed by atoms with van der Waals surface area (Å²) in [5, 5.41) is 2.30. The molecule has 130 valence electrons. The molecule has 0 atom stereocenters. The summed E-state index contributed by atoms with van der Waals surface area (Å²) in [6, 6.07) is 0.705. The van der Waals surface area contributed by atoms with Gasteiger partial charge in [0.15, 0.2) is 5.13 Å². The lowest BCUT2D eigenvalue weighted by Gasteiger charge is -2.11. The lowest BCUT2D eigenvalue weighted by atomic mass is 10.1. The van der Waals surface area contributed by atoms with Crippen molar-refractivity contribution in [3.8, 4) is 17.1 Å². The molecule has 0 saturated carbocycles. The van der Waals surface area contributed by atoms with Crippen LogP contribution in [0.5, 0.6) is 5.88 Å². The molecule has 0 fully saturated rings. The topological polar surface area (TPSA) is 64.1 Å². The molecule has 2 heterocycles. The van der Waals surface area contributed by atoms with Crippen LogP contribution < -0.4 is 10.1 Å². The summed E-state index contributed by atoms with van der Waals surface area (Å²) in [5.41, 5.74) is -1.32. The van der Waals surface area contributed by atoms with E-state index >= 15 is 0 Å². The van der Waals surface area contributed by atoms with Gasteiger partial charge in [0.05, 0.1) is 12.8 Å². The number of ether oxygens (including phenoxy) is 1. The van der Waals surface area contributed by atoms with Crippen molar-refractivity contribution in [3.63, 3.8) is 0 Å². The van der Waals surface area contributed by atoms with Crippen molar-refractivity contribution >= 4 is 22.4 Å². The molecule has 24 heavy (non-hydrogen) atoms. The number of amides is 1. The number of hydrogen-bond acceptors (Lipinski definition) is 5. The molecule has 2 aromatic rings. The quantitative estimate of drug-likeness (QED) is 0.835. The Morgan fingerprint density at radius 1 is 1.25 bits per heavy atom. The van der Waals surface area contributed by atoms with Crippen LogP contribution in [-0.2, 0) is 11.0 Å². The first-order valence-electron chi connectivity index (χ1n) is 5.97. The van der Waals surface area contributed by atoms with E-state index in [2.05, 4.69) is 14.7 Å². The third-order valence-electron chi connectivity index (χ3n) is 2.63. The fourth-order valence-corrected chi connectivity index (χ4v) is 2.30. The molecule has 5 nitrogen and oxygen atoms in total. The van der Waals surface area contributed by atoms with E-state index in [0.29, 0.717) is 17.4 Å². The maximum atomic E-state index is 12.9. The molecule has 2 rings (SSSR count). The van der Waals surface area contributed by atoms with Crippen LogP contribution in [0.3, 0.4) is 0 Å². The van der Waals surface area contributed by atoms with Gasteiger partial charge in [0.2, 0.25) is 5.88 Å². The Morgan fingerprint density at radius 3 is 2.46 bits per heavy atom. The molecule has 0 aliphatic carbocycles. The molecule has 12 heteroatoms. The van der Waals surface area contributed by atoms with Crippen molar-refractivity contribution < 1.29 is 35.9 Å². The average molecular weight is 371 g/mol. The van der Waals surface area contributed by atoms with E-state index < -0.39 is 34.8 Å². The second kappa shape index (κ2) is 6.26. The summed E-state index contributed by atoms with van der Waals surface area (Å²) in [6.07, 6.45) is -8.81. The first kappa shape index (κ1) is 18.0. The number of thiazole rings is 1. The van der Waals surface area contributed by atoms with E-state index in [1.165, 1.54) is 10.7 Å². The van der Waals surface area contributed by atoms with E-state index in [1.807, 2.05) is 0 Å². The number of rotatable bonds is 3. The zero-order valence-electron chi connectivity index (χ0n) is 11.6. The second-order valence-electron chi connectivity index (χ2n) is 4.27. The smallest absolute Gasteiger partial charge is 0.471 e. The van der Waals surface area contributed by atoms with Gasteiger partial charge in [-0.15, -0.1) is 11.3 Å². The second-order valence-corrected chi connectivity index (χ2v) is 5.13. The lowest BCUT2D eigenvalue weighted by molar-refractivity contribution is -0.167. The van der Waals surface area contributed by atoms with Gasteiger partial charge < -0.3 is 4.74 Å². The van der Waals surface area contributed by atoms with Crippen LogP contribution in [0.15, 0.2) is 17.6 Å². The number of methoxy groups -OCH3 is 1. The third-order valence-corrected chi connectivity index (χ3v) is 3.39. The van der Waals surface area contributed by atoms with Gasteiger partial charge in [0, 0.05) is 17.1 Å². The number of nitrogens with zero attached hydrogens (tertiary/aromatic N) is 2. The Labute approximate surface area is 134 Å². The molecule has 0 saturated heterocycles. The zero-order valence-corrected chi connectivity index (χ0v) is 12.4. The summed E-state index contributed by atoms with van der Waals surface area (Å²) in [7, 11) is 1.02. The van der Waals surface area contributed by atoms with E-state index in [1.54, 1.807) is 0 Å². The fraction of sp³-hybridized carbons (Fsp3) is 0.250. The Hall–Kier alpha value is -2.37. The van der Waals surface area contributed by atoms with Crippen LogP contribution in [-0.4, -0.2) is 29.2 Å². The number of pyridine rings is 1. The van der Waals surface area contributed by atoms with Crippen molar-refractivity contribution in [2.45, 2.75) is 12.4 Å². The number of halogens is 6. The number of alkyl halides is 6. The maximum Gasteiger partial charge on any atom is 0.471 e. The van der Waals surface area contributed by atoms with Gasteiger partial charge in [-0.3, -0.25) is 10.1 Å². The van der Waals surface area contributed by atoms with Crippen LogP contribution in [0, 0.1) is 0 Å². The van der Waals surface area contributed by atoms with E-state index in [9.17, 15) is 31.1 Å². The van der Waals surface area contributed by atoms with Gasteiger partial charge in [-0.05, 0) is 6.07 Å². The van der Waals surface area contributed by atoms with E-state index in [-0.39, 0.29) is 11.3 Å². The first-order valence-corrected chi connectivity index (χ1v) is 6.85. The Balaban J connectivity index is 2.32. The van der Waals surface area contributed by atoms with Gasteiger partial charge in [-0.2, -0.15) is 26.3 Å². The molecular weight excluding hydrogens is 364 g/mol. The molecule has 1 N–H and O–H groups in total. The summed E-state index contributed by atoms with van der Waals surface area (Å²) in [5.74, 6) is -2.88. The maximum absolute atomic E-state index is 12.9. The number of hydrogen-bond donors (Lipinski definition) is 1. The summed E-state index contributed by atoms with van der Waals surface area (Å²) >= 11 is 0.629. The van der Waals surface area contributed by atoms with Crippen LogP contribution >= 0.6 is 11.3 Å². The zero-order chi connectivity index (χ0) is 18.1. The largest absolute Gasteiger partial charge is 0.481 e. The molecule has 0 radical (unpaired) electrons. The highest BCUT2D eigenvalue weighted by molar-refractivity contribution is 7.14. The van der Waals surface area contributed by atoms with Gasteiger partial charge >= 0.3 is 18.3 Å². The minimum Gasteiger partial charge on any atom is -0.481 e. The minimum absolute atomic E-state index is 0.0712. The van der Waals surface area contributed by atoms with Crippen molar-refractivity contribution in [3.05, 3.63) is 23.2 Å². The van der Waals surface area contributed by atoms with Crippen molar-refractivity contribution in [1.29, 1.82) is 0 Å². The monoisotopic (exact) mass is 371 g/mol. The molecule has 0 aliphatic heterocycles. The highest BCUT2D eigenvalue weighted by Gasteiger charge is 2.39. The Bertz CT molecular complexity index is 756. The number of aromatic nitrogens is 2. The molecule has 2 aromatic heterocycles. The Morgan fingerprint density at radius 2 is 1.92 bits per heavy atom. The SMILES string of the molecule is COc1ncc(-c2csc(NC(=O)C(F)(F)F)n2)cc1C(F)(F)F. The van der Waals surface area contributed by atoms with Crippen LogP contribution in [0.2, 0.25) is 0 Å². The van der Waals surface area contributed by atoms with Gasteiger partial charge in [-0.25, -0.2) is 9.97 Å². The van der Waals surface area contributed by atoms with E-state index in [0.717, 1.165) is 13.3 Å². The third kappa shape index (κ3) is 3.93.